The van der Waals surface area contributed by atoms with Gasteiger partial charge in [-0.15, -0.1) is 0 Å². The maximum Gasteiger partial charge on any atom is 0.243 e. The van der Waals surface area contributed by atoms with Crippen LogP contribution in [0.4, 0.5) is 5.69 Å². The third-order valence-electron chi connectivity index (χ3n) is 4.48. The molecule has 0 aliphatic rings. The number of hydrogen-bond donors (Lipinski definition) is 0. The van der Waals surface area contributed by atoms with Crippen molar-refractivity contribution in [3.05, 3.63) is 64.2 Å². The van der Waals surface area contributed by atoms with Crippen LogP contribution < -0.4 is 4.90 Å². The van der Waals surface area contributed by atoms with Gasteiger partial charge in [0.15, 0.2) is 0 Å². The van der Waals surface area contributed by atoms with Gasteiger partial charge in [0.25, 0.3) is 0 Å². The van der Waals surface area contributed by atoms with Gasteiger partial charge >= 0.3 is 0 Å². The van der Waals surface area contributed by atoms with Gasteiger partial charge < -0.3 is 9.80 Å². The molecular weight excluding hydrogens is 360 g/mol. The fourth-order valence-electron chi connectivity index (χ4n) is 3.16. The van der Waals surface area contributed by atoms with Gasteiger partial charge in [0.2, 0.25) is 11.8 Å². The first-order valence-electron chi connectivity index (χ1n) is 9.09. The minimum Gasteiger partial charge on any atom is -0.334 e. The van der Waals surface area contributed by atoms with Gasteiger partial charge in [-0.3, -0.25) is 9.59 Å². The molecule has 0 spiro atoms. The van der Waals surface area contributed by atoms with Crippen LogP contribution in [0, 0.1) is 13.8 Å². The van der Waals surface area contributed by atoms with Crippen molar-refractivity contribution >= 4 is 29.1 Å². The maximum atomic E-state index is 13.1. The highest BCUT2D eigenvalue weighted by Gasteiger charge is 2.25. The number of carbonyl (C=O) groups excluding carboxylic acids is 2. The number of nitrogens with zero attached hydrogens (tertiary/aromatic N) is 2. The summed E-state index contributed by atoms with van der Waals surface area (Å²) in [7, 11) is 0. The van der Waals surface area contributed by atoms with E-state index in [1.165, 1.54) is 11.8 Å². The lowest BCUT2D eigenvalue weighted by atomic mass is 10.1. The molecule has 0 aromatic heterocycles. The number of amides is 2. The Hall–Kier alpha value is -2.33. The zero-order chi connectivity index (χ0) is 20.1. The van der Waals surface area contributed by atoms with Crippen LogP contribution in [-0.4, -0.2) is 29.3 Å². The fraction of sp³-hybridized carbons (Fsp3) is 0.364. The predicted molar refractivity (Wildman–Crippen MR) is 111 cm³/mol. The van der Waals surface area contributed by atoms with Crippen LogP contribution in [0.5, 0.6) is 0 Å². The smallest absolute Gasteiger partial charge is 0.243 e. The summed E-state index contributed by atoms with van der Waals surface area (Å²) in [5, 5.41) is 0.481. The number of halogens is 1. The van der Waals surface area contributed by atoms with Crippen LogP contribution in [0.2, 0.25) is 5.02 Å². The van der Waals surface area contributed by atoms with E-state index in [0.29, 0.717) is 17.3 Å². The monoisotopic (exact) mass is 386 g/mol. The van der Waals surface area contributed by atoms with Crippen LogP contribution in [0.25, 0.3) is 0 Å². The van der Waals surface area contributed by atoms with Crippen molar-refractivity contribution < 1.29 is 9.59 Å². The molecule has 0 fully saturated rings. The van der Waals surface area contributed by atoms with Crippen LogP contribution >= 0.6 is 11.6 Å². The molecule has 0 bridgehead atoms. The Morgan fingerprint density at radius 3 is 2.22 bits per heavy atom. The van der Waals surface area contributed by atoms with E-state index < -0.39 is 0 Å². The van der Waals surface area contributed by atoms with E-state index in [2.05, 4.69) is 0 Å². The van der Waals surface area contributed by atoms with E-state index in [-0.39, 0.29) is 24.4 Å². The molecule has 2 amide bonds. The average molecular weight is 387 g/mol. The quantitative estimate of drug-likeness (QED) is 0.718. The zero-order valence-electron chi connectivity index (χ0n) is 16.6. The number of carbonyl (C=O) groups is 2. The zero-order valence-corrected chi connectivity index (χ0v) is 17.4. The van der Waals surface area contributed by atoms with Crippen LogP contribution in [0.3, 0.4) is 0 Å². The standard InChI is InChI=1S/C22H27ClN2O2/c1-15(2)24(13-19-9-7-6-8-10-19)21(27)14-25(18(5)26)22-17(4)11-16(3)12-20(22)23/h6-12,15H,13-14H2,1-5H3. The highest BCUT2D eigenvalue weighted by Crippen LogP contribution is 2.31. The molecule has 0 saturated heterocycles. The molecule has 0 heterocycles. The lowest BCUT2D eigenvalue weighted by Gasteiger charge is -2.31. The Bertz CT molecular complexity index is 795. The molecule has 5 heteroatoms. The molecule has 2 aromatic carbocycles. The Morgan fingerprint density at radius 1 is 1.07 bits per heavy atom. The van der Waals surface area contributed by atoms with E-state index in [1.807, 2.05) is 70.2 Å². The summed E-state index contributed by atoms with van der Waals surface area (Å²) < 4.78 is 0. The molecule has 0 saturated carbocycles. The highest BCUT2D eigenvalue weighted by atomic mass is 35.5. The molecule has 0 radical (unpaired) electrons. The average Bonchev–Trinajstić information content (AvgIpc) is 2.58. The number of rotatable bonds is 6. The number of hydrogen-bond acceptors (Lipinski definition) is 2. The molecule has 0 aliphatic heterocycles. The fourth-order valence-corrected chi connectivity index (χ4v) is 3.59. The van der Waals surface area contributed by atoms with Gasteiger partial charge in [-0.2, -0.15) is 0 Å². The number of anilines is 1. The largest absolute Gasteiger partial charge is 0.334 e. The molecule has 0 N–H and O–H groups in total. The molecular formula is C22H27ClN2O2. The van der Waals surface area contributed by atoms with E-state index in [9.17, 15) is 9.59 Å². The van der Waals surface area contributed by atoms with E-state index in [4.69, 9.17) is 11.6 Å². The third kappa shape index (κ3) is 5.33. The van der Waals surface area contributed by atoms with Gasteiger partial charge in [0.1, 0.15) is 6.54 Å². The lowest BCUT2D eigenvalue weighted by Crippen LogP contribution is -2.45. The van der Waals surface area contributed by atoms with Crippen molar-refractivity contribution in [2.75, 3.05) is 11.4 Å². The van der Waals surface area contributed by atoms with Gasteiger partial charge in [-0.25, -0.2) is 0 Å². The molecule has 4 nitrogen and oxygen atoms in total. The Labute approximate surface area is 166 Å². The molecule has 27 heavy (non-hydrogen) atoms. The van der Waals surface area contributed by atoms with Crippen molar-refractivity contribution in [1.29, 1.82) is 0 Å². The minimum absolute atomic E-state index is 0.0149. The molecule has 0 unspecified atom stereocenters. The number of benzene rings is 2. The van der Waals surface area contributed by atoms with E-state index >= 15 is 0 Å². The number of aryl methyl sites for hydroxylation is 2. The SMILES string of the molecule is CC(=O)N(CC(=O)N(Cc1ccccc1)C(C)C)c1c(C)cc(C)cc1Cl. The van der Waals surface area contributed by atoms with Gasteiger partial charge in [0.05, 0.1) is 10.7 Å². The van der Waals surface area contributed by atoms with Crippen LogP contribution in [0.1, 0.15) is 37.5 Å². The van der Waals surface area contributed by atoms with E-state index in [0.717, 1.165) is 16.7 Å². The molecule has 2 aromatic rings. The highest BCUT2D eigenvalue weighted by molar-refractivity contribution is 6.34. The summed E-state index contributed by atoms with van der Waals surface area (Å²) in [6, 6.07) is 13.6. The van der Waals surface area contributed by atoms with Gasteiger partial charge in [0, 0.05) is 19.5 Å². The van der Waals surface area contributed by atoms with Gasteiger partial charge in [-0.05, 0) is 50.5 Å². The van der Waals surface area contributed by atoms with Crippen LogP contribution in [0.15, 0.2) is 42.5 Å². The predicted octanol–water partition coefficient (Wildman–Crippen LogP) is 4.75. The second-order valence-corrected chi connectivity index (χ2v) is 7.53. The minimum atomic E-state index is -0.208. The Balaban J connectivity index is 2.29. The maximum absolute atomic E-state index is 13.1. The summed E-state index contributed by atoms with van der Waals surface area (Å²) in [5.41, 5.74) is 3.55. The molecule has 0 atom stereocenters. The van der Waals surface area contributed by atoms with Crippen molar-refractivity contribution in [3.63, 3.8) is 0 Å². The van der Waals surface area contributed by atoms with Crippen molar-refractivity contribution in [2.24, 2.45) is 0 Å². The molecule has 144 valence electrons. The van der Waals surface area contributed by atoms with Crippen molar-refractivity contribution in [1.82, 2.24) is 4.90 Å². The van der Waals surface area contributed by atoms with E-state index in [1.54, 1.807) is 4.90 Å². The van der Waals surface area contributed by atoms with Crippen LogP contribution in [-0.2, 0) is 16.1 Å². The molecule has 2 rings (SSSR count). The second kappa shape index (κ2) is 9.05. The lowest BCUT2D eigenvalue weighted by molar-refractivity contribution is -0.133. The normalized spacial score (nSPS) is 10.8. The van der Waals surface area contributed by atoms with Crippen molar-refractivity contribution in [3.8, 4) is 0 Å². The summed E-state index contributed by atoms with van der Waals surface area (Å²) >= 11 is 6.41. The Morgan fingerprint density at radius 2 is 1.70 bits per heavy atom. The van der Waals surface area contributed by atoms with Crippen molar-refractivity contribution in [2.45, 2.75) is 47.2 Å². The molecule has 0 aliphatic carbocycles. The summed E-state index contributed by atoms with van der Waals surface area (Å²) in [5.74, 6) is -0.319. The topological polar surface area (TPSA) is 40.6 Å². The first kappa shape index (κ1) is 21.0. The summed E-state index contributed by atoms with van der Waals surface area (Å²) in [6.07, 6.45) is 0. The summed E-state index contributed by atoms with van der Waals surface area (Å²) in [4.78, 5) is 28.6. The van der Waals surface area contributed by atoms with Gasteiger partial charge in [-0.1, -0.05) is 48.0 Å². The second-order valence-electron chi connectivity index (χ2n) is 7.12. The summed E-state index contributed by atoms with van der Waals surface area (Å²) in [6.45, 7) is 9.73. The Kier molecular flexibility index (Phi) is 7.03. The first-order valence-corrected chi connectivity index (χ1v) is 9.46. The third-order valence-corrected chi connectivity index (χ3v) is 4.77. The first-order chi connectivity index (χ1) is 12.7.